The van der Waals surface area contributed by atoms with E-state index in [1.54, 1.807) is 4.31 Å². The van der Waals surface area contributed by atoms with Gasteiger partial charge in [0.2, 0.25) is 22.6 Å². The summed E-state index contributed by atoms with van der Waals surface area (Å²) in [6.45, 7) is 6.40. The van der Waals surface area contributed by atoms with E-state index in [4.69, 9.17) is 23.7 Å². The molecule has 5 rings (SSSR count). The quantitative estimate of drug-likeness (QED) is 0.307. The van der Waals surface area contributed by atoms with Gasteiger partial charge >= 0.3 is 5.97 Å². The first-order chi connectivity index (χ1) is 20.8. The van der Waals surface area contributed by atoms with E-state index in [-0.39, 0.29) is 19.1 Å². The van der Waals surface area contributed by atoms with Crippen LogP contribution < -0.4 is 23.7 Å². The lowest BCUT2D eigenvalue weighted by atomic mass is 9.82. The van der Waals surface area contributed by atoms with Crippen molar-refractivity contribution in [3.05, 3.63) is 41.5 Å². The van der Waals surface area contributed by atoms with Crippen LogP contribution in [0.15, 0.2) is 30.3 Å². The molecule has 1 N–H and O–H groups in total. The van der Waals surface area contributed by atoms with Crippen LogP contribution in [0.25, 0.3) is 0 Å². The fourth-order valence-corrected chi connectivity index (χ4v) is 7.99. The topological polar surface area (TPSA) is 124 Å². The number of ether oxygens (including phenoxy) is 5. The lowest BCUT2D eigenvalue weighted by Crippen LogP contribution is -2.40. The molecule has 1 saturated heterocycles. The SMILES string of the molecule is CCCCCS(=O)(=O)N(CCC)CCN1C[C@H](c2cc(OC)c3c(c2)OCO3)[C@H](C(=O)O)[C@H]1c1ccc2c(c1)OCCO2. The third-order valence-electron chi connectivity index (χ3n) is 8.41. The highest BCUT2D eigenvalue weighted by atomic mass is 32.2. The van der Waals surface area contributed by atoms with Crippen molar-refractivity contribution in [3.63, 3.8) is 0 Å². The molecule has 43 heavy (non-hydrogen) atoms. The number of unbranched alkanes of at least 4 members (excludes halogenated alkanes) is 2. The Balaban J connectivity index is 1.50. The number of aliphatic carboxylic acids is 1. The third-order valence-corrected chi connectivity index (χ3v) is 10.4. The largest absolute Gasteiger partial charge is 0.493 e. The molecule has 0 amide bonds. The molecule has 2 aromatic carbocycles. The Morgan fingerprint density at radius 3 is 2.47 bits per heavy atom. The van der Waals surface area contributed by atoms with Crippen LogP contribution in [0.2, 0.25) is 0 Å². The van der Waals surface area contributed by atoms with Crippen molar-refractivity contribution in [2.75, 3.05) is 59.0 Å². The van der Waals surface area contributed by atoms with Crippen LogP contribution in [-0.2, 0) is 14.8 Å². The zero-order valence-electron chi connectivity index (χ0n) is 25.1. The van der Waals surface area contributed by atoms with E-state index in [0.29, 0.717) is 74.4 Å². The molecule has 0 unspecified atom stereocenters. The van der Waals surface area contributed by atoms with Crippen LogP contribution in [0.5, 0.6) is 28.7 Å². The molecule has 0 radical (unpaired) electrons. The molecule has 0 aliphatic carbocycles. The summed E-state index contributed by atoms with van der Waals surface area (Å²) < 4.78 is 56.5. The Bertz CT molecular complexity index is 1400. The average Bonchev–Trinajstić information content (AvgIpc) is 3.63. The summed E-state index contributed by atoms with van der Waals surface area (Å²) in [6, 6.07) is 8.67. The van der Waals surface area contributed by atoms with Gasteiger partial charge in [-0.1, -0.05) is 32.8 Å². The van der Waals surface area contributed by atoms with E-state index in [1.165, 1.54) is 7.11 Å². The number of sulfonamides is 1. The number of carboxylic acids is 1. The molecule has 1 fully saturated rings. The first-order valence-electron chi connectivity index (χ1n) is 15.1. The summed E-state index contributed by atoms with van der Waals surface area (Å²) in [4.78, 5) is 15.2. The van der Waals surface area contributed by atoms with Crippen molar-refractivity contribution in [2.45, 2.75) is 51.5 Å². The summed E-state index contributed by atoms with van der Waals surface area (Å²) in [5.74, 6) is 0.595. The van der Waals surface area contributed by atoms with Gasteiger partial charge in [-0.3, -0.25) is 9.69 Å². The second kappa shape index (κ2) is 13.6. The van der Waals surface area contributed by atoms with Gasteiger partial charge in [-0.2, -0.15) is 0 Å². The van der Waals surface area contributed by atoms with Gasteiger partial charge in [0.05, 0.1) is 18.8 Å². The van der Waals surface area contributed by atoms with Crippen LogP contribution >= 0.6 is 0 Å². The van der Waals surface area contributed by atoms with Gasteiger partial charge in [-0.05, 0) is 48.2 Å². The van der Waals surface area contributed by atoms with Crippen molar-refractivity contribution in [1.82, 2.24) is 9.21 Å². The molecule has 3 aliphatic heterocycles. The van der Waals surface area contributed by atoms with Crippen molar-refractivity contribution in [3.8, 4) is 28.7 Å². The fraction of sp³-hybridized carbons (Fsp3) is 0.581. The second-order valence-corrected chi connectivity index (χ2v) is 13.3. The highest BCUT2D eigenvalue weighted by Crippen LogP contribution is 2.51. The van der Waals surface area contributed by atoms with Crippen LogP contribution in [0.4, 0.5) is 0 Å². The van der Waals surface area contributed by atoms with E-state index in [2.05, 4.69) is 4.90 Å². The molecule has 2 aromatic rings. The standard InChI is InChI=1S/C31H42N2O9S/c1-4-6-7-15-43(36,37)33(10-5-2)12-11-32-19-23(22-17-26(38-3)30-27(18-22)41-20-42-30)28(31(34)35)29(32)21-8-9-24-25(16-21)40-14-13-39-24/h8-9,16-18,23,28-29H,4-7,10-15,19-20H2,1-3H3,(H,34,35)/t23-,28+,29-/m1/s1. The predicted octanol–water partition coefficient (Wildman–Crippen LogP) is 4.27. The molecule has 0 bridgehead atoms. The Morgan fingerprint density at radius 1 is 0.977 bits per heavy atom. The van der Waals surface area contributed by atoms with Gasteiger partial charge in [0, 0.05) is 38.1 Å². The number of carboxylic acid groups (broad SMARTS) is 1. The van der Waals surface area contributed by atoms with Gasteiger partial charge in [-0.15, -0.1) is 0 Å². The van der Waals surface area contributed by atoms with E-state index in [0.717, 1.165) is 24.0 Å². The molecular weight excluding hydrogens is 576 g/mol. The maximum atomic E-state index is 13.3. The predicted molar refractivity (Wildman–Crippen MR) is 160 cm³/mol. The molecule has 0 spiro atoms. The van der Waals surface area contributed by atoms with E-state index < -0.39 is 33.9 Å². The van der Waals surface area contributed by atoms with Gasteiger partial charge in [-0.25, -0.2) is 12.7 Å². The Kier molecular flexibility index (Phi) is 9.88. The van der Waals surface area contributed by atoms with E-state index >= 15 is 0 Å². The van der Waals surface area contributed by atoms with Gasteiger partial charge in [0.1, 0.15) is 13.2 Å². The van der Waals surface area contributed by atoms with Gasteiger partial charge < -0.3 is 28.8 Å². The molecular formula is C31H42N2O9S. The Hall–Kier alpha value is -3.22. The number of nitrogens with zero attached hydrogens (tertiary/aromatic N) is 2. The van der Waals surface area contributed by atoms with Crippen molar-refractivity contribution >= 4 is 16.0 Å². The summed E-state index contributed by atoms with van der Waals surface area (Å²) in [5, 5.41) is 10.7. The number of rotatable bonds is 14. The van der Waals surface area contributed by atoms with Crippen LogP contribution in [0, 0.1) is 5.92 Å². The summed E-state index contributed by atoms with van der Waals surface area (Å²) in [7, 11) is -1.91. The normalized spacial score (nSPS) is 21.3. The maximum absolute atomic E-state index is 13.3. The molecule has 12 heteroatoms. The Morgan fingerprint density at radius 2 is 1.74 bits per heavy atom. The minimum Gasteiger partial charge on any atom is -0.493 e. The lowest BCUT2D eigenvalue weighted by molar-refractivity contribution is -0.143. The fourth-order valence-electron chi connectivity index (χ4n) is 6.35. The molecule has 0 saturated carbocycles. The molecule has 3 aliphatic rings. The molecule has 0 aromatic heterocycles. The number of methoxy groups -OCH3 is 1. The molecule has 3 atom stereocenters. The minimum absolute atomic E-state index is 0.0636. The summed E-state index contributed by atoms with van der Waals surface area (Å²) >= 11 is 0. The lowest BCUT2D eigenvalue weighted by Gasteiger charge is -2.30. The van der Waals surface area contributed by atoms with Crippen LogP contribution in [0.1, 0.15) is 62.6 Å². The highest BCUT2D eigenvalue weighted by molar-refractivity contribution is 7.89. The smallest absolute Gasteiger partial charge is 0.309 e. The molecule has 3 heterocycles. The summed E-state index contributed by atoms with van der Waals surface area (Å²) in [5.41, 5.74) is 1.54. The van der Waals surface area contributed by atoms with Crippen molar-refractivity contribution in [2.24, 2.45) is 5.92 Å². The van der Waals surface area contributed by atoms with Crippen LogP contribution in [0.3, 0.4) is 0 Å². The Labute approximate surface area is 253 Å². The van der Waals surface area contributed by atoms with Gasteiger partial charge in [0.15, 0.2) is 23.0 Å². The third kappa shape index (κ3) is 6.66. The molecule has 236 valence electrons. The number of likely N-dealkylation sites (tertiary alicyclic amines) is 1. The summed E-state index contributed by atoms with van der Waals surface area (Å²) in [6.07, 6.45) is 3.11. The maximum Gasteiger partial charge on any atom is 0.309 e. The van der Waals surface area contributed by atoms with Crippen molar-refractivity contribution < 1.29 is 42.0 Å². The first-order valence-corrected chi connectivity index (χ1v) is 16.7. The number of hydrogen-bond acceptors (Lipinski definition) is 9. The number of benzene rings is 2. The first kappa shape index (κ1) is 31.2. The van der Waals surface area contributed by atoms with E-state index in [1.807, 2.05) is 44.2 Å². The number of carbonyl (C=O) groups is 1. The van der Waals surface area contributed by atoms with Gasteiger partial charge in [0.25, 0.3) is 0 Å². The number of fused-ring (bicyclic) bond motifs is 2. The molecule has 11 nitrogen and oxygen atoms in total. The zero-order valence-corrected chi connectivity index (χ0v) is 25.9. The monoisotopic (exact) mass is 618 g/mol. The highest BCUT2D eigenvalue weighted by Gasteiger charge is 2.48. The zero-order chi connectivity index (χ0) is 30.6. The number of hydrogen-bond donors (Lipinski definition) is 1. The average molecular weight is 619 g/mol. The minimum atomic E-state index is -3.45. The second-order valence-electron chi connectivity index (χ2n) is 11.2. The van der Waals surface area contributed by atoms with Crippen molar-refractivity contribution in [1.29, 1.82) is 0 Å². The van der Waals surface area contributed by atoms with E-state index in [9.17, 15) is 18.3 Å². The van der Waals surface area contributed by atoms with Crippen LogP contribution in [-0.4, -0.2) is 87.7 Å².